The van der Waals surface area contributed by atoms with Crippen molar-refractivity contribution in [1.82, 2.24) is 0 Å². The van der Waals surface area contributed by atoms with E-state index in [2.05, 4.69) is 56.3 Å². The average molecular weight is 263 g/mol. The molecule has 0 fully saturated rings. The lowest BCUT2D eigenvalue weighted by atomic mass is 10.00. The number of nitrogens with zero attached hydrogens (tertiary/aromatic N) is 1. The molecular formula is C19H21N. The molecule has 1 aliphatic carbocycles. The lowest BCUT2D eigenvalue weighted by molar-refractivity contribution is 0.627. The summed E-state index contributed by atoms with van der Waals surface area (Å²) in [5.74, 6) is 0.771. The van der Waals surface area contributed by atoms with Crippen molar-refractivity contribution in [3.8, 4) is 0 Å². The molecule has 0 saturated carbocycles. The van der Waals surface area contributed by atoms with Crippen molar-refractivity contribution in [2.24, 2.45) is 10.9 Å². The van der Waals surface area contributed by atoms with E-state index < -0.39 is 0 Å². The molecule has 0 N–H and O–H groups in total. The number of benzene rings is 2. The van der Waals surface area contributed by atoms with Crippen LogP contribution in [0.4, 0.5) is 0 Å². The van der Waals surface area contributed by atoms with E-state index in [1.54, 1.807) is 0 Å². The van der Waals surface area contributed by atoms with Crippen molar-refractivity contribution in [2.75, 3.05) is 0 Å². The molecule has 0 saturated heterocycles. The molecule has 20 heavy (non-hydrogen) atoms. The molecule has 0 aliphatic heterocycles. The van der Waals surface area contributed by atoms with Crippen LogP contribution in [0.5, 0.6) is 0 Å². The van der Waals surface area contributed by atoms with Gasteiger partial charge < -0.3 is 0 Å². The second kappa shape index (κ2) is 5.62. The fraction of sp³-hybridized carbons (Fsp3) is 0.316. The number of aliphatic imine (C=N–C) groups is 1. The van der Waals surface area contributed by atoms with Gasteiger partial charge in [-0.05, 0) is 47.9 Å². The van der Waals surface area contributed by atoms with Gasteiger partial charge in [-0.3, -0.25) is 4.99 Å². The minimum Gasteiger partial charge on any atom is -0.285 e. The zero-order valence-corrected chi connectivity index (χ0v) is 12.3. The molecule has 102 valence electrons. The molecule has 1 nitrogen and oxygen atoms in total. The van der Waals surface area contributed by atoms with Gasteiger partial charge in [0.1, 0.15) is 0 Å². The first-order valence-electron chi connectivity index (χ1n) is 7.40. The summed E-state index contributed by atoms with van der Waals surface area (Å²) < 4.78 is 0. The van der Waals surface area contributed by atoms with Gasteiger partial charge in [0.25, 0.3) is 0 Å². The molecule has 2 aromatic carbocycles. The second-order valence-electron chi connectivity index (χ2n) is 5.84. The van der Waals surface area contributed by atoms with Crippen LogP contribution >= 0.6 is 0 Å². The highest BCUT2D eigenvalue weighted by Gasteiger charge is 2.20. The Morgan fingerprint density at radius 2 is 1.85 bits per heavy atom. The van der Waals surface area contributed by atoms with Crippen molar-refractivity contribution < 1.29 is 0 Å². The Morgan fingerprint density at radius 3 is 2.65 bits per heavy atom. The van der Waals surface area contributed by atoms with Gasteiger partial charge >= 0.3 is 0 Å². The van der Waals surface area contributed by atoms with Gasteiger partial charge in [-0.25, -0.2) is 0 Å². The maximum atomic E-state index is 4.78. The molecule has 0 heterocycles. The van der Waals surface area contributed by atoms with Crippen LogP contribution in [-0.4, -0.2) is 5.71 Å². The summed E-state index contributed by atoms with van der Waals surface area (Å²) in [6, 6.07) is 17.1. The highest BCUT2D eigenvalue weighted by atomic mass is 14.7. The van der Waals surface area contributed by atoms with E-state index in [9.17, 15) is 0 Å². The Kier molecular flexibility index (Phi) is 3.68. The predicted molar refractivity (Wildman–Crippen MR) is 85.4 cm³/mol. The van der Waals surface area contributed by atoms with Crippen LogP contribution < -0.4 is 0 Å². The van der Waals surface area contributed by atoms with Crippen LogP contribution in [0.25, 0.3) is 0 Å². The van der Waals surface area contributed by atoms with Crippen LogP contribution in [0.3, 0.4) is 0 Å². The Labute approximate surface area is 121 Å². The molecule has 0 amide bonds. The molecule has 1 aliphatic rings. The van der Waals surface area contributed by atoms with Crippen molar-refractivity contribution >= 4 is 5.71 Å². The molecule has 0 spiro atoms. The average Bonchev–Trinajstić information content (AvgIpc) is 2.85. The Hall–Kier alpha value is -1.89. The van der Waals surface area contributed by atoms with Gasteiger partial charge in [0.2, 0.25) is 0 Å². The highest BCUT2D eigenvalue weighted by molar-refractivity contribution is 6.00. The van der Waals surface area contributed by atoms with Gasteiger partial charge in [0.15, 0.2) is 0 Å². The van der Waals surface area contributed by atoms with E-state index in [0.717, 1.165) is 12.5 Å². The quantitative estimate of drug-likeness (QED) is 0.726. The third-order valence-electron chi connectivity index (χ3n) is 4.13. The third kappa shape index (κ3) is 2.67. The van der Waals surface area contributed by atoms with Crippen molar-refractivity contribution in [3.05, 3.63) is 70.8 Å². The first kappa shape index (κ1) is 13.1. The van der Waals surface area contributed by atoms with E-state index in [1.165, 1.54) is 40.8 Å². The number of hydrogen-bond donors (Lipinski definition) is 0. The highest BCUT2D eigenvalue weighted by Crippen LogP contribution is 2.29. The molecule has 3 rings (SSSR count). The molecule has 1 atom stereocenters. The Balaban J connectivity index is 1.85. The third-order valence-corrected chi connectivity index (χ3v) is 4.13. The molecule has 0 radical (unpaired) electrons. The maximum Gasteiger partial charge on any atom is 0.0643 e. The monoisotopic (exact) mass is 263 g/mol. The summed E-state index contributed by atoms with van der Waals surface area (Å²) in [4.78, 5) is 4.78. The van der Waals surface area contributed by atoms with Gasteiger partial charge in [-0.1, -0.05) is 55.5 Å². The summed E-state index contributed by atoms with van der Waals surface area (Å²) in [5, 5.41) is 0. The van der Waals surface area contributed by atoms with Crippen LogP contribution in [0, 0.1) is 5.92 Å². The first-order valence-corrected chi connectivity index (χ1v) is 7.40. The summed E-state index contributed by atoms with van der Waals surface area (Å²) in [6.45, 7) is 5.24. The molecular weight excluding hydrogens is 242 g/mol. The summed E-state index contributed by atoms with van der Waals surface area (Å²) in [7, 11) is 0. The standard InChI is InChI=1S/C19H21N/c1-14-11-17-9-6-10-18(19(17)12-14)15(2)20-13-16-7-4-3-5-8-16/h3-10,14H,11-13H2,1-2H3/t14-/m0/s1. The molecule has 0 unspecified atom stereocenters. The van der Waals surface area contributed by atoms with Gasteiger partial charge in [-0.15, -0.1) is 0 Å². The summed E-state index contributed by atoms with van der Waals surface area (Å²) in [6.07, 6.45) is 2.42. The van der Waals surface area contributed by atoms with Gasteiger partial charge in [0.05, 0.1) is 6.54 Å². The number of hydrogen-bond acceptors (Lipinski definition) is 1. The minimum atomic E-state index is 0.770. The normalized spacial score (nSPS) is 18.1. The van der Waals surface area contributed by atoms with Crippen molar-refractivity contribution in [1.29, 1.82) is 0 Å². The zero-order chi connectivity index (χ0) is 13.9. The smallest absolute Gasteiger partial charge is 0.0643 e. The fourth-order valence-corrected chi connectivity index (χ4v) is 3.08. The summed E-state index contributed by atoms with van der Waals surface area (Å²) in [5.41, 5.74) is 6.83. The first-order chi connectivity index (χ1) is 9.74. The Bertz CT molecular complexity index is 625. The van der Waals surface area contributed by atoms with E-state index >= 15 is 0 Å². The second-order valence-corrected chi connectivity index (χ2v) is 5.84. The lowest BCUT2D eigenvalue weighted by Gasteiger charge is -2.08. The number of rotatable bonds is 3. The van der Waals surface area contributed by atoms with E-state index in [0.29, 0.717) is 0 Å². The molecule has 1 heteroatoms. The topological polar surface area (TPSA) is 12.4 Å². The maximum absolute atomic E-state index is 4.78. The largest absolute Gasteiger partial charge is 0.285 e. The molecule has 0 bridgehead atoms. The van der Waals surface area contributed by atoms with Gasteiger partial charge in [-0.2, -0.15) is 0 Å². The van der Waals surface area contributed by atoms with E-state index in [4.69, 9.17) is 4.99 Å². The van der Waals surface area contributed by atoms with Crippen LogP contribution in [0.1, 0.15) is 36.1 Å². The van der Waals surface area contributed by atoms with Gasteiger partial charge in [0, 0.05) is 5.71 Å². The Morgan fingerprint density at radius 1 is 1.05 bits per heavy atom. The fourth-order valence-electron chi connectivity index (χ4n) is 3.08. The SMILES string of the molecule is CC(=NCc1ccccc1)c1cccc2c1C[C@@H](C)C2. The zero-order valence-electron chi connectivity index (χ0n) is 12.3. The van der Waals surface area contributed by atoms with E-state index in [1.807, 2.05) is 6.07 Å². The minimum absolute atomic E-state index is 0.770. The number of fused-ring (bicyclic) bond motifs is 1. The van der Waals surface area contributed by atoms with E-state index in [-0.39, 0.29) is 0 Å². The van der Waals surface area contributed by atoms with Crippen molar-refractivity contribution in [3.63, 3.8) is 0 Å². The molecule has 0 aromatic heterocycles. The van der Waals surface area contributed by atoms with Crippen molar-refractivity contribution in [2.45, 2.75) is 33.2 Å². The lowest BCUT2D eigenvalue weighted by Crippen LogP contribution is -2.02. The summed E-state index contributed by atoms with van der Waals surface area (Å²) >= 11 is 0. The van der Waals surface area contributed by atoms with Crippen LogP contribution in [-0.2, 0) is 19.4 Å². The van der Waals surface area contributed by atoms with Crippen LogP contribution in [0.15, 0.2) is 53.5 Å². The van der Waals surface area contributed by atoms with Crippen LogP contribution in [0.2, 0.25) is 0 Å². The molecule has 2 aromatic rings. The predicted octanol–water partition coefficient (Wildman–Crippen LogP) is 4.43.